The second kappa shape index (κ2) is 5.09. The minimum Gasteiger partial charge on any atom is -0.384 e. The van der Waals surface area contributed by atoms with E-state index >= 15 is 0 Å². The third kappa shape index (κ3) is 2.55. The van der Waals surface area contributed by atoms with Crippen molar-refractivity contribution in [2.45, 2.75) is 20.0 Å². The van der Waals surface area contributed by atoms with Crippen LogP contribution in [0.25, 0.3) is 0 Å². The van der Waals surface area contributed by atoms with Gasteiger partial charge in [-0.1, -0.05) is 35.9 Å². The van der Waals surface area contributed by atoms with Gasteiger partial charge >= 0.3 is 0 Å². The molecule has 0 radical (unpaired) electrons. The summed E-state index contributed by atoms with van der Waals surface area (Å²) in [7, 11) is 0. The van der Waals surface area contributed by atoms with Crippen LogP contribution in [0, 0.1) is 19.7 Å². The first-order valence-electron chi connectivity index (χ1n) is 5.69. The van der Waals surface area contributed by atoms with Crippen LogP contribution in [0.4, 0.5) is 4.39 Å². The van der Waals surface area contributed by atoms with Crippen LogP contribution in [-0.2, 0) is 0 Å². The largest absolute Gasteiger partial charge is 0.384 e. The number of benzene rings is 2. The van der Waals surface area contributed by atoms with Crippen molar-refractivity contribution in [3.05, 3.63) is 69.5 Å². The summed E-state index contributed by atoms with van der Waals surface area (Å²) in [4.78, 5) is 0. The maximum Gasteiger partial charge on any atom is 0.129 e. The summed E-state index contributed by atoms with van der Waals surface area (Å²) in [6.45, 7) is 3.38. The quantitative estimate of drug-likeness (QED) is 0.863. The Kier molecular flexibility index (Phi) is 3.69. The highest BCUT2D eigenvalue weighted by Crippen LogP contribution is 2.26. The molecule has 0 spiro atoms. The van der Waals surface area contributed by atoms with Crippen LogP contribution in [0.1, 0.15) is 28.4 Å². The van der Waals surface area contributed by atoms with Crippen LogP contribution in [0.3, 0.4) is 0 Å². The second-order valence-corrected chi connectivity index (χ2v) is 4.86. The Labute approximate surface area is 111 Å². The van der Waals surface area contributed by atoms with Crippen molar-refractivity contribution in [3.63, 3.8) is 0 Å². The molecular formula is C15H14ClFO. The molecule has 0 heterocycles. The molecule has 1 N–H and O–H groups in total. The Bertz CT molecular complexity index is 557. The maximum atomic E-state index is 13.5. The van der Waals surface area contributed by atoms with Crippen LogP contribution in [0.2, 0.25) is 5.02 Å². The Hall–Kier alpha value is -1.38. The fourth-order valence-electron chi connectivity index (χ4n) is 2.01. The van der Waals surface area contributed by atoms with E-state index in [1.54, 1.807) is 50.2 Å². The number of aryl methyl sites for hydroxylation is 2. The van der Waals surface area contributed by atoms with Crippen molar-refractivity contribution in [2.75, 3.05) is 0 Å². The van der Waals surface area contributed by atoms with E-state index in [0.29, 0.717) is 27.3 Å². The third-order valence-corrected chi connectivity index (χ3v) is 3.17. The minimum atomic E-state index is -0.790. The van der Waals surface area contributed by atoms with Gasteiger partial charge in [-0.3, -0.25) is 0 Å². The molecule has 94 valence electrons. The summed E-state index contributed by atoms with van der Waals surface area (Å²) in [5, 5.41) is 10.8. The first-order valence-corrected chi connectivity index (χ1v) is 6.07. The first kappa shape index (κ1) is 13.1. The average molecular weight is 265 g/mol. The predicted molar refractivity (Wildman–Crippen MR) is 71.4 cm³/mol. The summed E-state index contributed by atoms with van der Waals surface area (Å²) in [6.07, 6.45) is -0.790. The summed E-state index contributed by atoms with van der Waals surface area (Å²) >= 11 is 5.89. The van der Waals surface area contributed by atoms with Crippen molar-refractivity contribution in [1.82, 2.24) is 0 Å². The molecule has 0 saturated carbocycles. The zero-order chi connectivity index (χ0) is 13.3. The standard InChI is InChI=1S/C15H14ClFO/c1-9-6-12(7-10(2)14(9)17)15(18)11-4-3-5-13(16)8-11/h3-8,15,18H,1-2H3. The summed E-state index contributed by atoms with van der Waals surface area (Å²) in [5.41, 5.74) is 2.44. The summed E-state index contributed by atoms with van der Waals surface area (Å²) in [6, 6.07) is 10.4. The Morgan fingerprint density at radius 3 is 2.22 bits per heavy atom. The molecule has 0 saturated heterocycles. The molecular weight excluding hydrogens is 251 g/mol. The fraction of sp³-hybridized carbons (Fsp3) is 0.200. The number of aliphatic hydroxyl groups excluding tert-OH is 1. The minimum absolute atomic E-state index is 0.225. The molecule has 1 atom stereocenters. The Balaban J connectivity index is 2.43. The van der Waals surface area contributed by atoms with E-state index in [9.17, 15) is 9.50 Å². The van der Waals surface area contributed by atoms with Crippen molar-refractivity contribution < 1.29 is 9.50 Å². The summed E-state index contributed by atoms with van der Waals surface area (Å²) < 4.78 is 13.5. The highest BCUT2D eigenvalue weighted by atomic mass is 35.5. The lowest BCUT2D eigenvalue weighted by molar-refractivity contribution is 0.220. The van der Waals surface area contributed by atoms with Gasteiger partial charge < -0.3 is 5.11 Å². The third-order valence-electron chi connectivity index (χ3n) is 2.94. The highest BCUT2D eigenvalue weighted by molar-refractivity contribution is 6.30. The van der Waals surface area contributed by atoms with Crippen LogP contribution in [0.5, 0.6) is 0 Å². The normalized spacial score (nSPS) is 12.5. The maximum absolute atomic E-state index is 13.5. The van der Waals surface area contributed by atoms with Gasteiger partial charge in [0.15, 0.2) is 0 Å². The molecule has 2 aromatic carbocycles. The van der Waals surface area contributed by atoms with E-state index in [-0.39, 0.29) is 5.82 Å². The monoisotopic (exact) mass is 264 g/mol. The van der Waals surface area contributed by atoms with Crippen LogP contribution in [-0.4, -0.2) is 5.11 Å². The topological polar surface area (TPSA) is 20.2 Å². The lowest BCUT2D eigenvalue weighted by atomic mass is 9.97. The van der Waals surface area contributed by atoms with Crippen molar-refractivity contribution in [3.8, 4) is 0 Å². The Morgan fingerprint density at radius 1 is 1.06 bits per heavy atom. The smallest absolute Gasteiger partial charge is 0.129 e. The predicted octanol–water partition coefficient (Wildman–Crippen LogP) is 4.18. The molecule has 0 bridgehead atoms. The van der Waals surface area contributed by atoms with Gasteiger partial charge in [-0.05, 0) is 48.2 Å². The molecule has 0 aliphatic carbocycles. The van der Waals surface area contributed by atoms with Gasteiger partial charge in [0.1, 0.15) is 11.9 Å². The highest BCUT2D eigenvalue weighted by Gasteiger charge is 2.13. The molecule has 2 aromatic rings. The van der Waals surface area contributed by atoms with Gasteiger partial charge in [0.2, 0.25) is 0 Å². The van der Waals surface area contributed by atoms with E-state index in [1.807, 2.05) is 0 Å². The second-order valence-electron chi connectivity index (χ2n) is 4.43. The molecule has 0 aromatic heterocycles. The van der Waals surface area contributed by atoms with Crippen LogP contribution in [0.15, 0.2) is 36.4 Å². The van der Waals surface area contributed by atoms with Gasteiger partial charge in [-0.25, -0.2) is 4.39 Å². The molecule has 0 aliphatic rings. The molecule has 1 nitrogen and oxygen atoms in total. The first-order chi connectivity index (χ1) is 8.49. The molecule has 3 heteroatoms. The lowest BCUT2D eigenvalue weighted by Gasteiger charge is -2.14. The van der Waals surface area contributed by atoms with E-state index in [0.717, 1.165) is 0 Å². The van der Waals surface area contributed by atoms with Gasteiger partial charge in [0.25, 0.3) is 0 Å². The molecule has 0 fully saturated rings. The molecule has 0 aliphatic heterocycles. The van der Waals surface area contributed by atoms with E-state index in [4.69, 9.17) is 11.6 Å². The van der Waals surface area contributed by atoms with Crippen molar-refractivity contribution in [1.29, 1.82) is 0 Å². The summed E-state index contributed by atoms with van der Waals surface area (Å²) in [5.74, 6) is -0.225. The lowest BCUT2D eigenvalue weighted by Crippen LogP contribution is -2.02. The van der Waals surface area contributed by atoms with Crippen LogP contribution >= 0.6 is 11.6 Å². The number of hydrogen-bond donors (Lipinski definition) is 1. The van der Waals surface area contributed by atoms with Crippen molar-refractivity contribution in [2.24, 2.45) is 0 Å². The number of halogens is 2. The van der Waals surface area contributed by atoms with Crippen LogP contribution < -0.4 is 0 Å². The fourth-order valence-corrected chi connectivity index (χ4v) is 2.21. The van der Waals surface area contributed by atoms with Crippen molar-refractivity contribution >= 4 is 11.6 Å². The van der Waals surface area contributed by atoms with Gasteiger partial charge in [0, 0.05) is 5.02 Å². The zero-order valence-electron chi connectivity index (χ0n) is 10.2. The number of rotatable bonds is 2. The SMILES string of the molecule is Cc1cc(C(O)c2cccc(Cl)c2)cc(C)c1F. The Morgan fingerprint density at radius 2 is 1.67 bits per heavy atom. The van der Waals surface area contributed by atoms with Gasteiger partial charge in [0.05, 0.1) is 0 Å². The number of hydrogen-bond acceptors (Lipinski definition) is 1. The molecule has 18 heavy (non-hydrogen) atoms. The number of aliphatic hydroxyl groups is 1. The molecule has 1 unspecified atom stereocenters. The van der Waals surface area contributed by atoms with E-state index in [2.05, 4.69) is 0 Å². The van der Waals surface area contributed by atoms with Gasteiger partial charge in [-0.2, -0.15) is 0 Å². The van der Waals surface area contributed by atoms with E-state index < -0.39 is 6.10 Å². The molecule has 0 amide bonds. The zero-order valence-corrected chi connectivity index (χ0v) is 11.0. The average Bonchev–Trinajstić information content (AvgIpc) is 2.34. The van der Waals surface area contributed by atoms with E-state index in [1.165, 1.54) is 0 Å². The molecule has 2 rings (SSSR count). The van der Waals surface area contributed by atoms with Gasteiger partial charge in [-0.15, -0.1) is 0 Å².